The number of carbonyl (C=O) groups excluding carboxylic acids is 3. The van der Waals surface area contributed by atoms with Crippen LogP contribution in [0.5, 0.6) is 0 Å². The molecule has 228 valence electrons. The number of ether oxygens (including phenoxy) is 2. The number of rotatable bonds is 11. The van der Waals surface area contributed by atoms with Crippen LogP contribution in [0, 0.1) is 17.8 Å². The predicted molar refractivity (Wildman–Crippen MR) is 165 cm³/mol. The van der Waals surface area contributed by atoms with E-state index in [-0.39, 0.29) is 60.2 Å². The molecule has 0 aromatic rings. The lowest BCUT2D eigenvalue weighted by Crippen LogP contribution is -2.65. The van der Waals surface area contributed by atoms with Crippen LogP contribution in [-0.2, 0) is 23.5 Å². The van der Waals surface area contributed by atoms with Crippen molar-refractivity contribution in [3.05, 3.63) is 36.6 Å². The Kier molecular flexibility index (Phi) is 9.86. The molecule has 10 heteroatoms. The molecule has 3 heterocycles. The average molecular weight is 605 g/mol. The third-order valence-corrected chi connectivity index (χ3v) is 15.6. The molecule has 0 spiro atoms. The van der Waals surface area contributed by atoms with Gasteiger partial charge in [0.15, 0.2) is 8.32 Å². The van der Waals surface area contributed by atoms with Crippen LogP contribution >= 0.6 is 11.8 Å². The first kappa shape index (κ1) is 31.9. The molecule has 6 atom stereocenters. The minimum atomic E-state index is -2.08. The number of β-lactam (4-membered cyclic amide) rings is 1. The fourth-order valence-electron chi connectivity index (χ4n) is 6.57. The molecule has 0 aromatic heterocycles. The van der Waals surface area contributed by atoms with E-state index in [0.29, 0.717) is 24.0 Å². The standard InChI is InChI=1S/C31H48N2O6SSi/c1-9-16-37-29(35)27-25-21(19-40-22-14-15-32(18-22)30(36)38-17-10-2)12-11-13-23(25)26-24(28(34)33(26)27)20(3)39-41(7,8)31(4,5)6/h9-10,20-24,26H,1-2,11-19H2,3-8H3/t20-,21+,22+,23+,24-,26-/m1/s1. The van der Waals surface area contributed by atoms with Crippen molar-refractivity contribution in [2.24, 2.45) is 17.8 Å². The molecule has 0 radical (unpaired) electrons. The summed E-state index contributed by atoms with van der Waals surface area (Å²) in [6, 6.07) is -0.0575. The van der Waals surface area contributed by atoms with Crippen LogP contribution in [0.3, 0.4) is 0 Å². The quantitative estimate of drug-likeness (QED) is 0.128. The molecule has 8 nitrogen and oxygen atoms in total. The van der Waals surface area contributed by atoms with Crippen molar-refractivity contribution in [2.75, 3.05) is 32.1 Å². The Morgan fingerprint density at radius 2 is 1.80 bits per heavy atom. The highest BCUT2D eigenvalue weighted by atomic mass is 32.2. The molecule has 1 saturated carbocycles. The second-order valence-electron chi connectivity index (χ2n) is 13.3. The van der Waals surface area contributed by atoms with Gasteiger partial charge in [0, 0.05) is 30.0 Å². The normalized spacial score (nSPS) is 28.5. The van der Waals surface area contributed by atoms with E-state index in [0.717, 1.165) is 37.0 Å². The van der Waals surface area contributed by atoms with Gasteiger partial charge < -0.3 is 23.7 Å². The van der Waals surface area contributed by atoms with Gasteiger partial charge in [-0.2, -0.15) is 11.8 Å². The van der Waals surface area contributed by atoms with E-state index < -0.39 is 14.3 Å². The van der Waals surface area contributed by atoms with Crippen molar-refractivity contribution >= 4 is 38.0 Å². The molecule has 0 unspecified atom stereocenters. The number of thioether (sulfide) groups is 1. The summed E-state index contributed by atoms with van der Waals surface area (Å²) in [4.78, 5) is 43.0. The van der Waals surface area contributed by atoms with Crippen molar-refractivity contribution in [1.29, 1.82) is 0 Å². The summed E-state index contributed by atoms with van der Waals surface area (Å²) in [6.45, 7) is 22.1. The van der Waals surface area contributed by atoms with Crippen LogP contribution in [0.15, 0.2) is 36.6 Å². The molecule has 4 rings (SSSR count). The van der Waals surface area contributed by atoms with Crippen molar-refractivity contribution in [2.45, 2.75) is 88.9 Å². The van der Waals surface area contributed by atoms with Crippen molar-refractivity contribution in [3.63, 3.8) is 0 Å². The Morgan fingerprint density at radius 3 is 2.46 bits per heavy atom. The van der Waals surface area contributed by atoms with Gasteiger partial charge in [-0.15, -0.1) is 0 Å². The monoisotopic (exact) mass is 604 g/mol. The third kappa shape index (κ3) is 6.34. The summed E-state index contributed by atoms with van der Waals surface area (Å²) in [7, 11) is -2.08. The Bertz CT molecular complexity index is 1080. The minimum Gasteiger partial charge on any atom is -0.457 e. The number of esters is 1. The van der Waals surface area contributed by atoms with Crippen molar-refractivity contribution in [3.8, 4) is 0 Å². The maximum atomic E-state index is 13.7. The zero-order valence-corrected chi connectivity index (χ0v) is 27.5. The second-order valence-corrected chi connectivity index (χ2v) is 19.4. The van der Waals surface area contributed by atoms with E-state index in [4.69, 9.17) is 13.9 Å². The zero-order valence-electron chi connectivity index (χ0n) is 25.6. The lowest BCUT2D eigenvalue weighted by atomic mass is 9.70. The van der Waals surface area contributed by atoms with Gasteiger partial charge >= 0.3 is 12.1 Å². The Hall–Kier alpha value is -2.04. The highest BCUT2D eigenvalue weighted by molar-refractivity contribution is 7.99. The Balaban J connectivity index is 1.51. The second kappa shape index (κ2) is 12.7. The minimum absolute atomic E-state index is 0.0236. The van der Waals surface area contributed by atoms with E-state index in [1.807, 2.05) is 18.7 Å². The number of hydrogen-bond donors (Lipinski definition) is 0. The zero-order chi connectivity index (χ0) is 30.1. The van der Waals surface area contributed by atoms with Crippen molar-refractivity contribution < 1.29 is 28.3 Å². The molecular weight excluding hydrogens is 557 g/mol. The summed E-state index contributed by atoms with van der Waals surface area (Å²) in [6.07, 6.45) is 6.53. The molecule has 0 N–H and O–H groups in total. The summed E-state index contributed by atoms with van der Waals surface area (Å²) >= 11 is 1.86. The van der Waals surface area contributed by atoms with Crippen LogP contribution in [0.1, 0.15) is 53.4 Å². The number of nitrogens with zero attached hydrogens (tertiary/aromatic N) is 2. The molecule has 4 aliphatic rings. The SMILES string of the molecule is C=CCOC(=O)C1=C2[C@H](CS[C@H]3CCN(C(=O)OCC=C)C3)CCC[C@@H]2[C@@H]2[C@@H]([C@@H](C)O[Si](C)(C)C(C)(C)C)C(=O)N12. The molecule has 41 heavy (non-hydrogen) atoms. The molecule has 2 amide bonds. The fourth-order valence-corrected chi connectivity index (χ4v) is 9.41. The van der Waals surface area contributed by atoms with Gasteiger partial charge in [-0.05, 0) is 55.8 Å². The van der Waals surface area contributed by atoms with E-state index in [1.165, 1.54) is 0 Å². The van der Waals surface area contributed by atoms with Gasteiger partial charge in [0.2, 0.25) is 5.91 Å². The van der Waals surface area contributed by atoms with Gasteiger partial charge in [-0.1, -0.05) is 52.5 Å². The summed E-state index contributed by atoms with van der Waals surface area (Å²) in [5, 5.41) is 0.354. The first-order valence-corrected chi connectivity index (χ1v) is 18.9. The van der Waals surface area contributed by atoms with E-state index >= 15 is 0 Å². The largest absolute Gasteiger partial charge is 0.457 e. The molecule has 3 aliphatic heterocycles. The molecule has 1 aliphatic carbocycles. The highest BCUT2D eigenvalue weighted by Gasteiger charge is 2.63. The molecule has 3 fully saturated rings. The van der Waals surface area contributed by atoms with E-state index in [9.17, 15) is 14.4 Å². The van der Waals surface area contributed by atoms with Crippen LogP contribution in [0.4, 0.5) is 4.79 Å². The van der Waals surface area contributed by atoms with Crippen LogP contribution < -0.4 is 0 Å². The van der Waals surface area contributed by atoms with E-state index in [1.54, 1.807) is 22.0 Å². The smallest absolute Gasteiger partial charge is 0.410 e. The Morgan fingerprint density at radius 1 is 1.12 bits per heavy atom. The molecular formula is C31H48N2O6SSi. The number of amides is 2. The van der Waals surface area contributed by atoms with Crippen LogP contribution in [0.2, 0.25) is 18.1 Å². The predicted octanol–water partition coefficient (Wildman–Crippen LogP) is 5.77. The highest BCUT2D eigenvalue weighted by Crippen LogP contribution is 2.55. The molecule has 0 aromatic carbocycles. The number of carbonyl (C=O) groups is 3. The van der Waals surface area contributed by atoms with Gasteiger partial charge in [0.1, 0.15) is 18.9 Å². The van der Waals surface area contributed by atoms with Crippen LogP contribution in [0.25, 0.3) is 0 Å². The summed E-state index contributed by atoms with van der Waals surface area (Å²) in [5.41, 5.74) is 1.56. The van der Waals surface area contributed by atoms with Crippen molar-refractivity contribution in [1.82, 2.24) is 9.80 Å². The summed E-state index contributed by atoms with van der Waals surface area (Å²) < 4.78 is 17.5. The van der Waals surface area contributed by atoms with Gasteiger partial charge in [0.25, 0.3) is 0 Å². The van der Waals surface area contributed by atoms with Gasteiger partial charge in [-0.3, -0.25) is 4.79 Å². The fraction of sp³-hybridized carbons (Fsp3) is 0.710. The van der Waals surface area contributed by atoms with Gasteiger partial charge in [-0.25, -0.2) is 9.59 Å². The van der Waals surface area contributed by atoms with Crippen LogP contribution in [-0.4, -0.2) is 85.5 Å². The first-order valence-electron chi connectivity index (χ1n) is 15.0. The van der Waals surface area contributed by atoms with E-state index in [2.05, 4.69) is 47.0 Å². The van der Waals surface area contributed by atoms with Gasteiger partial charge in [0.05, 0.1) is 18.1 Å². The first-order chi connectivity index (χ1) is 19.3. The maximum Gasteiger partial charge on any atom is 0.410 e. The molecule has 0 bridgehead atoms. The lowest BCUT2D eigenvalue weighted by molar-refractivity contribution is -0.163. The number of hydrogen-bond acceptors (Lipinski definition) is 7. The average Bonchev–Trinajstić information content (AvgIpc) is 3.49. The maximum absolute atomic E-state index is 13.7. The lowest BCUT2D eigenvalue weighted by Gasteiger charge is -2.51. The third-order valence-electron chi connectivity index (χ3n) is 9.60. The Labute approximate surface area is 251 Å². The number of fused-ring (bicyclic) bond motifs is 3. The molecule has 2 saturated heterocycles. The number of likely N-dealkylation sites (tertiary alicyclic amines) is 1. The topological polar surface area (TPSA) is 85.4 Å². The summed E-state index contributed by atoms with van der Waals surface area (Å²) in [5.74, 6) is 0.464.